The fraction of sp³-hybridized carbons (Fsp3) is 0.533. The Balaban J connectivity index is 1.94. The molecule has 1 saturated heterocycles. The van der Waals surface area contributed by atoms with Gasteiger partial charge >= 0.3 is 0 Å². The zero-order valence-electron chi connectivity index (χ0n) is 11.6. The van der Waals surface area contributed by atoms with Crippen LogP contribution in [0, 0.1) is 11.3 Å². The summed E-state index contributed by atoms with van der Waals surface area (Å²) in [7, 11) is 4.01. The lowest BCUT2D eigenvalue weighted by molar-refractivity contribution is 0.109. The molecular weight excluding hydrogens is 238 g/mol. The van der Waals surface area contributed by atoms with Crippen molar-refractivity contribution >= 4 is 5.69 Å². The Morgan fingerprint density at radius 2 is 2.16 bits per heavy atom. The van der Waals surface area contributed by atoms with Gasteiger partial charge in [0.2, 0.25) is 0 Å². The van der Waals surface area contributed by atoms with Gasteiger partial charge in [-0.05, 0) is 30.5 Å². The quantitative estimate of drug-likeness (QED) is 0.879. The summed E-state index contributed by atoms with van der Waals surface area (Å²) in [5.41, 5.74) is 2.14. The summed E-state index contributed by atoms with van der Waals surface area (Å²) < 4.78 is 5.56. The monoisotopic (exact) mass is 259 g/mol. The zero-order valence-corrected chi connectivity index (χ0v) is 11.6. The molecule has 2 atom stereocenters. The standard InChI is InChI=1S/C15H21N3O/c1-18(2)13-7-5-12(6-8-13)15(10-16)17-11-14-4-3-9-19-14/h5-8,14-15,17H,3-4,9,11H2,1-2H3. The molecule has 1 heterocycles. The topological polar surface area (TPSA) is 48.3 Å². The number of ether oxygens (including phenoxy) is 1. The van der Waals surface area contributed by atoms with Crippen molar-refractivity contribution in [3.8, 4) is 6.07 Å². The summed E-state index contributed by atoms with van der Waals surface area (Å²) in [5, 5.41) is 12.5. The van der Waals surface area contributed by atoms with Gasteiger partial charge in [0.15, 0.2) is 0 Å². The van der Waals surface area contributed by atoms with Gasteiger partial charge in [0.1, 0.15) is 6.04 Å². The molecule has 1 aliphatic heterocycles. The molecule has 4 nitrogen and oxygen atoms in total. The van der Waals surface area contributed by atoms with Crippen molar-refractivity contribution in [2.75, 3.05) is 32.1 Å². The maximum atomic E-state index is 9.27. The number of hydrogen-bond acceptors (Lipinski definition) is 4. The molecular formula is C15H21N3O. The summed E-state index contributed by atoms with van der Waals surface area (Å²) in [5.74, 6) is 0. The van der Waals surface area contributed by atoms with Crippen LogP contribution in [-0.4, -0.2) is 33.4 Å². The average Bonchev–Trinajstić information content (AvgIpc) is 2.93. The Morgan fingerprint density at radius 1 is 1.42 bits per heavy atom. The van der Waals surface area contributed by atoms with E-state index >= 15 is 0 Å². The van der Waals surface area contributed by atoms with Crippen LogP contribution in [0.15, 0.2) is 24.3 Å². The van der Waals surface area contributed by atoms with Crippen LogP contribution in [0.3, 0.4) is 0 Å². The van der Waals surface area contributed by atoms with Gasteiger partial charge in [-0.3, -0.25) is 5.32 Å². The molecule has 2 rings (SSSR count). The zero-order chi connectivity index (χ0) is 13.7. The highest BCUT2D eigenvalue weighted by Crippen LogP contribution is 2.18. The Morgan fingerprint density at radius 3 is 2.68 bits per heavy atom. The van der Waals surface area contributed by atoms with Crippen molar-refractivity contribution in [1.82, 2.24) is 5.32 Å². The van der Waals surface area contributed by atoms with E-state index in [0.29, 0.717) is 0 Å². The first-order valence-electron chi connectivity index (χ1n) is 6.72. The average molecular weight is 259 g/mol. The Kier molecular flexibility index (Phi) is 4.78. The van der Waals surface area contributed by atoms with Crippen molar-refractivity contribution in [1.29, 1.82) is 5.26 Å². The minimum absolute atomic E-state index is 0.261. The van der Waals surface area contributed by atoms with Crippen LogP contribution in [-0.2, 0) is 4.74 Å². The predicted molar refractivity (Wildman–Crippen MR) is 76.1 cm³/mol. The van der Waals surface area contributed by atoms with Crippen molar-refractivity contribution in [3.05, 3.63) is 29.8 Å². The van der Waals surface area contributed by atoms with Crippen molar-refractivity contribution < 1.29 is 4.74 Å². The molecule has 0 aromatic heterocycles. The van der Waals surface area contributed by atoms with Gasteiger partial charge in [-0.25, -0.2) is 0 Å². The highest BCUT2D eigenvalue weighted by atomic mass is 16.5. The number of anilines is 1. The molecule has 1 aromatic carbocycles. The summed E-state index contributed by atoms with van der Waals surface area (Å²) in [4.78, 5) is 2.05. The number of rotatable bonds is 5. The second kappa shape index (κ2) is 6.55. The van der Waals surface area contributed by atoms with Crippen LogP contribution in [0.4, 0.5) is 5.69 Å². The molecule has 0 aliphatic carbocycles. The number of hydrogen-bond donors (Lipinski definition) is 1. The van der Waals surface area contributed by atoms with E-state index in [2.05, 4.69) is 11.4 Å². The summed E-state index contributed by atoms with van der Waals surface area (Å²) in [6, 6.07) is 10.1. The van der Waals surface area contributed by atoms with Crippen LogP contribution in [0.2, 0.25) is 0 Å². The molecule has 1 fully saturated rings. The second-order valence-corrected chi connectivity index (χ2v) is 5.09. The van der Waals surface area contributed by atoms with Crippen LogP contribution in [0.25, 0.3) is 0 Å². The molecule has 19 heavy (non-hydrogen) atoms. The lowest BCUT2D eigenvalue weighted by atomic mass is 10.1. The van der Waals surface area contributed by atoms with Crippen LogP contribution < -0.4 is 10.2 Å². The molecule has 1 aliphatic rings. The fourth-order valence-corrected chi connectivity index (χ4v) is 2.26. The van der Waals surface area contributed by atoms with Crippen LogP contribution in [0.1, 0.15) is 24.4 Å². The van der Waals surface area contributed by atoms with Gasteiger partial charge in [0.25, 0.3) is 0 Å². The Bertz CT molecular complexity index is 430. The summed E-state index contributed by atoms with van der Waals surface area (Å²) in [6.45, 7) is 1.59. The SMILES string of the molecule is CN(C)c1ccc(C(C#N)NCC2CCCO2)cc1. The van der Waals surface area contributed by atoms with Gasteiger partial charge in [-0.15, -0.1) is 0 Å². The molecule has 4 heteroatoms. The Labute approximate surface area is 115 Å². The van der Waals surface area contributed by atoms with E-state index in [1.54, 1.807) is 0 Å². The lowest BCUT2D eigenvalue weighted by Gasteiger charge is -2.17. The molecule has 2 unspecified atom stereocenters. The van der Waals surface area contributed by atoms with E-state index in [9.17, 15) is 5.26 Å². The fourth-order valence-electron chi connectivity index (χ4n) is 2.26. The van der Waals surface area contributed by atoms with E-state index in [1.165, 1.54) is 0 Å². The number of nitrogens with one attached hydrogen (secondary N) is 1. The highest BCUT2D eigenvalue weighted by Gasteiger charge is 2.18. The van der Waals surface area contributed by atoms with Crippen LogP contribution in [0.5, 0.6) is 0 Å². The maximum Gasteiger partial charge on any atom is 0.121 e. The van der Waals surface area contributed by atoms with E-state index in [4.69, 9.17) is 4.74 Å². The van der Waals surface area contributed by atoms with E-state index < -0.39 is 0 Å². The van der Waals surface area contributed by atoms with E-state index in [-0.39, 0.29) is 12.1 Å². The summed E-state index contributed by atoms with van der Waals surface area (Å²) in [6.07, 6.45) is 2.48. The number of nitriles is 1. The molecule has 102 valence electrons. The molecule has 0 saturated carbocycles. The normalized spacial score (nSPS) is 19.9. The maximum absolute atomic E-state index is 9.27. The third kappa shape index (κ3) is 3.69. The first-order valence-corrected chi connectivity index (χ1v) is 6.72. The molecule has 0 radical (unpaired) electrons. The smallest absolute Gasteiger partial charge is 0.121 e. The van der Waals surface area contributed by atoms with Gasteiger partial charge < -0.3 is 9.64 Å². The van der Waals surface area contributed by atoms with Crippen molar-refractivity contribution in [2.24, 2.45) is 0 Å². The first-order chi connectivity index (χ1) is 9.20. The third-order valence-corrected chi connectivity index (χ3v) is 3.45. The molecule has 0 bridgehead atoms. The minimum Gasteiger partial charge on any atom is -0.378 e. The first kappa shape index (κ1) is 13.9. The van der Waals surface area contributed by atoms with Crippen LogP contribution >= 0.6 is 0 Å². The largest absolute Gasteiger partial charge is 0.378 e. The lowest BCUT2D eigenvalue weighted by Crippen LogP contribution is -2.29. The molecule has 0 spiro atoms. The van der Waals surface area contributed by atoms with E-state index in [0.717, 1.165) is 37.2 Å². The molecule has 1 N–H and O–H groups in total. The van der Waals surface area contributed by atoms with Crippen molar-refractivity contribution in [3.63, 3.8) is 0 Å². The minimum atomic E-state index is -0.264. The third-order valence-electron chi connectivity index (χ3n) is 3.45. The molecule has 0 amide bonds. The second-order valence-electron chi connectivity index (χ2n) is 5.09. The van der Waals surface area contributed by atoms with E-state index in [1.807, 2.05) is 43.3 Å². The van der Waals surface area contributed by atoms with Gasteiger partial charge in [-0.1, -0.05) is 12.1 Å². The highest BCUT2D eigenvalue weighted by molar-refractivity contribution is 5.47. The van der Waals surface area contributed by atoms with Crippen molar-refractivity contribution in [2.45, 2.75) is 25.0 Å². The predicted octanol–water partition coefficient (Wildman–Crippen LogP) is 2.09. The van der Waals surface area contributed by atoms with Gasteiger partial charge in [0.05, 0.1) is 12.2 Å². The van der Waals surface area contributed by atoms with Gasteiger partial charge in [-0.2, -0.15) is 5.26 Å². The molecule has 1 aromatic rings. The number of nitrogens with zero attached hydrogens (tertiary/aromatic N) is 2. The number of benzene rings is 1. The van der Waals surface area contributed by atoms with Gasteiger partial charge in [0, 0.05) is 32.9 Å². The summed E-state index contributed by atoms with van der Waals surface area (Å²) >= 11 is 0. The Hall–Kier alpha value is -1.57.